The standard InChI is InChI=1S/C16H16BrNO5/c17-10-4-5-11-9(8-10)3-6-13(14(11)19)23-15(20)12-2-1-7-18(12)16(21)22/h4-5,8,12-13H,1-3,6-7H2,(H,21,22). The van der Waals surface area contributed by atoms with E-state index in [9.17, 15) is 14.4 Å². The first-order valence-corrected chi connectivity index (χ1v) is 8.29. The number of aryl methyl sites for hydroxylation is 1. The zero-order chi connectivity index (χ0) is 16.6. The van der Waals surface area contributed by atoms with Crippen LogP contribution in [-0.4, -0.2) is 46.5 Å². The van der Waals surface area contributed by atoms with Crippen LogP contribution in [-0.2, 0) is 16.0 Å². The molecule has 1 aliphatic carbocycles. The molecule has 0 radical (unpaired) electrons. The highest BCUT2D eigenvalue weighted by Gasteiger charge is 2.38. The number of fused-ring (bicyclic) bond motifs is 1. The number of amides is 1. The number of ether oxygens (including phenoxy) is 1. The highest BCUT2D eigenvalue weighted by molar-refractivity contribution is 9.10. The van der Waals surface area contributed by atoms with Crippen LogP contribution in [0.5, 0.6) is 0 Å². The Morgan fingerprint density at radius 1 is 1.30 bits per heavy atom. The molecule has 1 fully saturated rings. The third kappa shape index (κ3) is 3.10. The Morgan fingerprint density at radius 2 is 2.09 bits per heavy atom. The van der Waals surface area contributed by atoms with Crippen molar-refractivity contribution in [3.63, 3.8) is 0 Å². The van der Waals surface area contributed by atoms with Crippen molar-refractivity contribution in [3.05, 3.63) is 33.8 Å². The molecule has 1 amide bonds. The third-order valence-electron chi connectivity index (χ3n) is 4.33. The molecule has 122 valence electrons. The Balaban J connectivity index is 1.71. The monoisotopic (exact) mass is 381 g/mol. The molecule has 3 rings (SSSR count). The fraction of sp³-hybridized carbons (Fsp3) is 0.438. The second-order valence-electron chi connectivity index (χ2n) is 5.76. The molecule has 7 heteroatoms. The zero-order valence-corrected chi connectivity index (χ0v) is 13.9. The minimum Gasteiger partial charge on any atom is -0.465 e. The van der Waals surface area contributed by atoms with Gasteiger partial charge in [-0.1, -0.05) is 15.9 Å². The van der Waals surface area contributed by atoms with Crippen molar-refractivity contribution in [2.24, 2.45) is 0 Å². The average molecular weight is 382 g/mol. The molecule has 1 aromatic carbocycles. The molecule has 2 unspecified atom stereocenters. The third-order valence-corrected chi connectivity index (χ3v) is 4.82. The van der Waals surface area contributed by atoms with Crippen LogP contribution < -0.4 is 0 Å². The second kappa shape index (κ2) is 6.31. The Bertz CT molecular complexity index is 674. The number of nitrogens with zero attached hydrogens (tertiary/aromatic N) is 1. The predicted molar refractivity (Wildman–Crippen MR) is 84.4 cm³/mol. The van der Waals surface area contributed by atoms with Crippen LogP contribution in [0.25, 0.3) is 0 Å². The molecule has 0 saturated carbocycles. The maximum atomic E-state index is 12.5. The van der Waals surface area contributed by atoms with Gasteiger partial charge in [-0.05, 0) is 49.4 Å². The van der Waals surface area contributed by atoms with Crippen molar-refractivity contribution in [1.29, 1.82) is 0 Å². The van der Waals surface area contributed by atoms with Crippen LogP contribution in [0.1, 0.15) is 35.2 Å². The van der Waals surface area contributed by atoms with E-state index in [-0.39, 0.29) is 5.78 Å². The van der Waals surface area contributed by atoms with Crippen molar-refractivity contribution < 1.29 is 24.2 Å². The fourth-order valence-electron chi connectivity index (χ4n) is 3.17. The van der Waals surface area contributed by atoms with Crippen molar-refractivity contribution in [3.8, 4) is 0 Å². The topological polar surface area (TPSA) is 83.9 Å². The molecule has 0 spiro atoms. The number of carbonyl (C=O) groups is 3. The van der Waals surface area contributed by atoms with E-state index in [1.807, 2.05) is 6.07 Å². The van der Waals surface area contributed by atoms with Gasteiger partial charge in [0.25, 0.3) is 0 Å². The Morgan fingerprint density at radius 3 is 2.83 bits per heavy atom. The van der Waals surface area contributed by atoms with Crippen LogP contribution in [0.4, 0.5) is 4.79 Å². The summed E-state index contributed by atoms with van der Waals surface area (Å²) < 4.78 is 6.25. The van der Waals surface area contributed by atoms with E-state index in [0.29, 0.717) is 37.8 Å². The van der Waals surface area contributed by atoms with E-state index in [1.165, 1.54) is 0 Å². The van der Waals surface area contributed by atoms with Gasteiger partial charge in [0.2, 0.25) is 5.78 Å². The van der Waals surface area contributed by atoms with Gasteiger partial charge in [0.15, 0.2) is 6.10 Å². The van der Waals surface area contributed by atoms with Crippen LogP contribution in [0.3, 0.4) is 0 Å². The van der Waals surface area contributed by atoms with Gasteiger partial charge in [0.05, 0.1) is 0 Å². The number of hydrogen-bond acceptors (Lipinski definition) is 4. The van der Waals surface area contributed by atoms with Crippen LogP contribution >= 0.6 is 15.9 Å². The quantitative estimate of drug-likeness (QED) is 0.796. The molecule has 2 aliphatic rings. The van der Waals surface area contributed by atoms with Gasteiger partial charge in [-0.15, -0.1) is 0 Å². The lowest BCUT2D eigenvalue weighted by Crippen LogP contribution is -2.43. The number of carbonyl (C=O) groups excluding carboxylic acids is 2. The van der Waals surface area contributed by atoms with Crippen molar-refractivity contribution in [2.45, 2.75) is 37.8 Å². The average Bonchev–Trinajstić information content (AvgIpc) is 3.00. The highest BCUT2D eigenvalue weighted by Crippen LogP contribution is 2.27. The van der Waals surface area contributed by atoms with Gasteiger partial charge in [0, 0.05) is 16.6 Å². The molecule has 0 aromatic heterocycles. The van der Waals surface area contributed by atoms with Crippen LogP contribution in [0, 0.1) is 0 Å². The van der Waals surface area contributed by atoms with Gasteiger partial charge >= 0.3 is 12.1 Å². The zero-order valence-electron chi connectivity index (χ0n) is 12.3. The summed E-state index contributed by atoms with van der Waals surface area (Å²) in [6.07, 6.45) is 0.179. The summed E-state index contributed by atoms with van der Waals surface area (Å²) in [5.41, 5.74) is 1.50. The summed E-state index contributed by atoms with van der Waals surface area (Å²) in [7, 11) is 0. The first kappa shape index (κ1) is 16.0. The molecule has 1 aliphatic heterocycles. The fourth-order valence-corrected chi connectivity index (χ4v) is 3.58. The lowest BCUT2D eigenvalue weighted by molar-refractivity contribution is -0.152. The summed E-state index contributed by atoms with van der Waals surface area (Å²) in [4.78, 5) is 36.9. The number of ketones is 1. The van der Waals surface area contributed by atoms with Gasteiger partial charge in [0.1, 0.15) is 6.04 Å². The minimum atomic E-state index is -1.13. The summed E-state index contributed by atoms with van der Waals surface area (Å²) in [6.45, 7) is 0.324. The maximum Gasteiger partial charge on any atom is 0.408 e. The van der Waals surface area contributed by atoms with E-state index in [2.05, 4.69) is 15.9 Å². The SMILES string of the molecule is O=C1c2ccc(Br)cc2CCC1OC(=O)C1CCCN1C(=O)O. The number of Topliss-reactive ketones (excluding diaryl/α,β-unsaturated/α-hetero) is 1. The summed E-state index contributed by atoms with van der Waals surface area (Å²) in [5, 5.41) is 9.09. The van der Waals surface area contributed by atoms with Crippen LogP contribution in [0.2, 0.25) is 0 Å². The molecule has 1 saturated heterocycles. The number of carboxylic acid groups (broad SMARTS) is 1. The molecule has 2 atom stereocenters. The number of esters is 1. The first-order chi connectivity index (χ1) is 11.0. The van der Waals surface area contributed by atoms with Crippen molar-refractivity contribution >= 4 is 33.8 Å². The molecule has 23 heavy (non-hydrogen) atoms. The van der Waals surface area contributed by atoms with Gasteiger partial charge in [-0.25, -0.2) is 9.59 Å². The van der Waals surface area contributed by atoms with E-state index in [1.54, 1.807) is 12.1 Å². The number of rotatable bonds is 2. The normalized spacial score (nSPS) is 23.5. The second-order valence-corrected chi connectivity index (χ2v) is 6.68. The smallest absolute Gasteiger partial charge is 0.408 e. The molecule has 6 nitrogen and oxygen atoms in total. The molecule has 1 heterocycles. The molecular weight excluding hydrogens is 366 g/mol. The lowest BCUT2D eigenvalue weighted by Gasteiger charge is -2.26. The Labute approximate surface area is 141 Å². The number of hydrogen-bond donors (Lipinski definition) is 1. The molecule has 1 N–H and O–H groups in total. The largest absolute Gasteiger partial charge is 0.465 e. The molecule has 0 bridgehead atoms. The van der Waals surface area contributed by atoms with Crippen molar-refractivity contribution in [2.75, 3.05) is 6.54 Å². The van der Waals surface area contributed by atoms with E-state index in [0.717, 1.165) is 14.9 Å². The number of benzene rings is 1. The highest BCUT2D eigenvalue weighted by atomic mass is 79.9. The number of halogens is 1. The van der Waals surface area contributed by atoms with Gasteiger partial charge in [-0.3, -0.25) is 9.69 Å². The minimum absolute atomic E-state index is 0.216. The summed E-state index contributed by atoms with van der Waals surface area (Å²) >= 11 is 3.37. The van der Waals surface area contributed by atoms with Crippen molar-refractivity contribution in [1.82, 2.24) is 4.90 Å². The summed E-state index contributed by atoms with van der Waals surface area (Å²) in [6, 6.07) is 4.60. The lowest BCUT2D eigenvalue weighted by atomic mass is 9.88. The maximum absolute atomic E-state index is 12.5. The van der Waals surface area contributed by atoms with Gasteiger partial charge in [-0.2, -0.15) is 0 Å². The molecule has 1 aromatic rings. The number of likely N-dealkylation sites (tertiary alicyclic amines) is 1. The van der Waals surface area contributed by atoms with Gasteiger partial charge < -0.3 is 9.84 Å². The Kier molecular flexibility index (Phi) is 4.39. The van der Waals surface area contributed by atoms with E-state index >= 15 is 0 Å². The van der Waals surface area contributed by atoms with E-state index < -0.39 is 24.2 Å². The predicted octanol–water partition coefficient (Wildman–Crippen LogP) is 2.63. The summed E-state index contributed by atoms with van der Waals surface area (Å²) in [5.74, 6) is -0.837. The van der Waals surface area contributed by atoms with Crippen LogP contribution in [0.15, 0.2) is 22.7 Å². The Hall–Kier alpha value is -1.89. The molecular formula is C16H16BrNO5. The first-order valence-electron chi connectivity index (χ1n) is 7.50. The van der Waals surface area contributed by atoms with E-state index in [4.69, 9.17) is 9.84 Å².